The lowest BCUT2D eigenvalue weighted by Crippen LogP contribution is -2.40. The lowest BCUT2D eigenvalue weighted by atomic mass is 10.2. The Hall–Kier alpha value is -3.15. The molecule has 10 nitrogen and oxygen atoms in total. The Morgan fingerprint density at radius 3 is 2.52 bits per heavy atom. The average molecular weight is 443 g/mol. The van der Waals surface area contributed by atoms with E-state index < -0.39 is 10.0 Å². The molecule has 1 N–H and O–H groups in total. The molecule has 11 heteroatoms. The molecule has 0 saturated carbocycles. The zero-order chi connectivity index (χ0) is 21.8. The van der Waals surface area contributed by atoms with Gasteiger partial charge in [0.05, 0.1) is 42.2 Å². The first-order chi connectivity index (χ1) is 14.9. The third-order valence-corrected chi connectivity index (χ3v) is 6.81. The van der Waals surface area contributed by atoms with Crippen LogP contribution < -0.4 is 5.32 Å². The number of carbonyl (C=O) groups excluding carboxylic acids is 1. The van der Waals surface area contributed by atoms with E-state index in [0.717, 1.165) is 5.56 Å². The molecule has 1 aromatic carbocycles. The topological polar surface area (TPSA) is 119 Å². The Kier molecular flexibility index (Phi) is 6.07. The Balaban J connectivity index is 1.44. The Labute approximate surface area is 179 Å². The highest BCUT2D eigenvalue weighted by molar-refractivity contribution is 7.89. The zero-order valence-electron chi connectivity index (χ0n) is 16.9. The summed E-state index contributed by atoms with van der Waals surface area (Å²) >= 11 is 0. The van der Waals surface area contributed by atoms with Crippen molar-refractivity contribution in [3.05, 3.63) is 60.3 Å². The quantitative estimate of drug-likeness (QED) is 0.600. The van der Waals surface area contributed by atoms with Gasteiger partial charge in [0.15, 0.2) is 0 Å². The molecule has 1 amide bonds. The summed E-state index contributed by atoms with van der Waals surface area (Å²) in [5.74, 6) is -0.335. The van der Waals surface area contributed by atoms with Crippen molar-refractivity contribution in [2.45, 2.75) is 11.4 Å². The Morgan fingerprint density at radius 1 is 1.13 bits per heavy atom. The van der Waals surface area contributed by atoms with E-state index in [9.17, 15) is 13.2 Å². The van der Waals surface area contributed by atoms with Gasteiger partial charge in [-0.25, -0.2) is 8.42 Å². The number of aryl methyl sites for hydroxylation is 1. The summed E-state index contributed by atoms with van der Waals surface area (Å²) in [5, 5.41) is 6.95. The van der Waals surface area contributed by atoms with Crippen LogP contribution >= 0.6 is 0 Å². The largest absolute Gasteiger partial charge is 0.379 e. The van der Waals surface area contributed by atoms with Gasteiger partial charge in [-0.05, 0) is 24.3 Å². The van der Waals surface area contributed by atoms with Crippen LogP contribution in [-0.4, -0.2) is 64.7 Å². The van der Waals surface area contributed by atoms with Crippen molar-refractivity contribution in [1.29, 1.82) is 0 Å². The normalized spacial score (nSPS) is 15.0. The fraction of sp³-hybridized carbons (Fsp3) is 0.300. The van der Waals surface area contributed by atoms with Crippen molar-refractivity contribution >= 4 is 15.9 Å². The number of rotatable bonds is 6. The van der Waals surface area contributed by atoms with Crippen LogP contribution in [0.4, 0.5) is 0 Å². The second-order valence-corrected chi connectivity index (χ2v) is 8.92. The third-order valence-electron chi connectivity index (χ3n) is 4.89. The van der Waals surface area contributed by atoms with Crippen LogP contribution in [0.15, 0.2) is 53.9 Å². The van der Waals surface area contributed by atoms with Gasteiger partial charge >= 0.3 is 0 Å². The fourth-order valence-electron chi connectivity index (χ4n) is 3.26. The number of benzene rings is 1. The van der Waals surface area contributed by atoms with E-state index in [4.69, 9.17) is 4.74 Å². The van der Waals surface area contributed by atoms with Crippen LogP contribution in [0, 0.1) is 0 Å². The summed E-state index contributed by atoms with van der Waals surface area (Å²) < 4.78 is 33.7. The minimum Gasteiger partial charge on any atom is -0.379 e. The van der Waals surface area contributed by atoms with E-state index in [1.54, 1.807) is 23.3 Å². The fourth-order valence-corrected chi connectivity index (χ4v) is 4.67. The lowest BCUT2D eigenvalue weighted by Gasteiger charge is -2.26. The second-order valence-electron chi connectivity index (χ2n) is 6.98. The van der Waals surface area contributed by atoms with Crippen LogP contribution in [0.25, 0.3) is 11.3 Å². The van der Waals surface area contributed by atoms with Gasteiger partial charge in [0.2, 0.25) is 10.0 Å². The number of morpholine rings is 1. The van der Waals surface area contributed by atoms with Gasteiger partial charge in [0, 0.05) is 49.9 Å². The first-order valence-corrected chi connectivity index (χ1v) is 11.1. The van der Waals surface area contributed by atoms with Gasteiger partial charge in [-0.15, -0.1) is 0 Å². The van der Waals surface area contributed by atoms with E-state index in [0.29, 0.717) is 43.3 Å². The molecule has 0 unspecified atom stereocenters. The van der Waals surface area contributed by atoms with Crippen LogP contribution in [0.2, 0.25) is 0 Å². The van der Waals surface area contributed by atoms with Crippen molar-refractivity contribution in [3.8, 4) is 11.3 Å². The summed E-state index contributed by atoms with van der Waals surface area (Å²) in [5.41, 5.74) is 2.41. The predicted octanol–water partition coefficient (Wildman–Crippen LogP) is 0.828. The number of carbonyl (C=O) groups is 1. The SMILES string of the molecule is Cn1cc(-c2nccnc2CNC(=O)c2ccc(S(=O)(=O)N3CCOCC3)cc2)cn1. The highest BCUT2D eigenvalue weighted by atomic mass is 32.2. The van der Waals surface area contributed by atoms with E-state index in [-0.39, 0.29) is 17.3 Å². The van der Waals surface area contributed by atoms with Crippen LogP contribution in [0.1, 0.15) is 16.1 Å². The first kappa shape index (κ1) is 21.1. The van der Waals surface area contributed by atoms with Gasteiger partial charge in [0.1, 0.15) is 0 Å². The van der Waals surface area contributed by atoms with E-state index >= 15 is 0 Å². The van der Waals surface area contributed by atoms with Gasteiger partial charge < -0.3 is 10.1 Å². The van der Waals surface area contributed by atoms with Crippen LogP contribution in [0.3, 0.4) is 0 Å². The maximum Gasteiger partial charge on any atom is 0.251 e. The molecule has 0 bridgehead atoms. The summed E-state index contributed by atoms with van der Waals surface area (Å²) in [6, 6.07) is 5.90. The minimum atomic E-state index is -3.60. The number of sulfonamides is 1. The van der Waals surface area contributed by atoms with Crippen molar-refractivity contribution in [2.75, 3.05) is 26.3 Å². The number of hydrogen-bond donors (Lipinski definition) is 1. The van der Waals surface area contributed by atoms with Crippen molar-refractivity contribution in [1.82, 2.24) is 29.4 Å². The molecule has 3 aromatic rings. The van der Waals surface area contributed by atoms with Gasteiger partial charge in [-0.2, -0.15) is 9.40 Å². The zero-order valence-corrected chi connectivity index (χ0v) is 17.7. The molecule has 162 valence electrons. The smallest absolute Gasteiger partial charge is 0.251 e. The predicted molar refractivity (Wildman–Crippen MR) is 111 cm³/mol. The number of nitrogens with one attached hydrogen (secondary N) is 1. The van der Waals surface area contributed by atoms with Crippen LogP contribution in [0.5, 0.6) is 0 Å². The summed E-state index contributed by atoms with van der Waals surface area (Å²) in [6.07, 6.45) is 6.65. The first-order valence-electron chi connectivity index (χ1n) is 9.70. The minimum absolute atomic E-state index is 0.152. The molecule has 3 heterocycles. The molecule has 1 aliphatic rings. The molecule has 4 rings (SSSR count). The maximum atomic E-state index is 12.7. The Morgan fingerprint density at radius 2 is 1.84 bits per heavy atom. The number of aromatic nitrogens is 4. The van der Waals surface area contributed by atoms with Crippen LogP contribution in [-0.2, 0) is 28.4 Å². The molecular weight excluding hydrogens is 420 g/mol. The molecule has 1 fully saturated rings. The molecule has 1 aliphatic heterocycles. The van der Waals surface area contributed by atoms with Gasteiger partial charge in [-0.3, -0.25) is 19.4 Å². The Bertz CT molecular complexity index is 1170. The van der Waals surface area contributed by atoms with Crippen molar-refractivity contribution < 1.29 is 17.9 Å². The number of hydrogen-bond acceptors (Lipinski definition) is 7. The van der Waals surface area contributed by atoms with Crippen molar-refractivity contribution in [3.63, 3.8) is 0 Å². The highest BCUT2D eigenvalue weighted by Crippen LogP contribution is 2.20. The average Bonchev–Trinajstić information content (AvgIpc) is 3.24. The number of ether oxygens (including phenoxy) is 1. The standard InChI is InChI=1S/C20H22N6O4S/c1-25-14-16(12-24-25)19-18(21-6-7-22-19)13-23-20(27)15-2-4-17(5-3-15)31(28,29)26-8-10-30-11-9-26/h2-7,12,14H,8-11,13H2,1H3,(H,23,27). The summed E-state index contributed by atoms with van der Waals surface area (Å²) in [7, 11) is -1.79. The monoisotopic (exact) mass is 442 g/mol. The maximum absolute atomic E-state index is 12.7. The summed E-state index contributed by atoms with van der Waals surface area (Å²) in [6.45, 7) is 1.57. The molecule has 0 atom stereocenters. The lowest BCUT2D eigenvalue weighted by molar-refractivity contribution is 0.0730. The molecule has 31 heavy (non-hydrogen) atoms. The molecule has 0 radical (unpaired) electrons. The van der Waals surface area contributed by atoms with Crippen molar-refractivity contribution in [2.24, 2.45) is 7.05 Å². The number of nitrogens with zero attached hydrogens (tertiary/aromatic N) is 5. The molecule has 0 aliphatic carbocycles. The molecule has 1 saturated heterocycles. The third kappa shape index (κ3) is 4.63. The van der Waals surface area contributed by atoms with E-state index in [1.165, 1.54) is 28.6 Å². The second kappa shape index (κ2) is 8.92. The number of amides is 1. The van der Waals surface area contributed by atoms with Gasteiger partial charge in [-0.1, -0.05) is 0 Å². The van der Waals surface area contributed by atoms with E-state index in [1.807, 2.05) is 13.2 Å². The molecule has 2 aromatic heterocycles. The highest BCUT2D eigenvalue weighted by Gasteiger charge is 2.26. The van der Waals surface area contributed by atoms with Gasteiger partial charge in [0.25, 0.3) is 5.91 Å². The summed E-state index contributed by atoms with van der Waals surface area (Å²) in [4.78, 5) is 21.4. The molecular formula is C20H22N6O4S. The van der Waals surface area contributed by atoms with E-state index in [2.05, 4.69) is 20.4 Å². The molecule has 0 spiro atoms.